The van der Waals surface area contributed by atoms with E-state index in [4.69, 9.17) is 5.73 Å². The minimum absolute atomic E-state index is 0.0990. The summed E-state index contributed by atoms with van der Waals surface area (Å²) in [6.45, 7) is 0.340. The summed E-state index contributed by atoms with van der Waals surface area (Å²) in [5, 5.41) is 0. The molecule has 1 heterocycles. The Balaban J connectivity index is 2.37. The molecule has 1 aromatic heterocycles. The van der Waals surface area contributed by atoms with Crippen LogP contribution in [-0.2, 0) is 6.54 Å². The van der Waals surface area contributed by atoms with Crippen molar-refractivity contribution in [3.8, 4) is 0 Å². The van der Waals surface area contributed by atoms with Crippen LogP contribution in [0.3, 0.4) is 0 Å². The van der Waals surface area contributed by atoms with Crippen LogP contribution in [0, 0.1) is 0 Å². The van der Waals surface area contributed by atoms with E-state index in [9.17, 15) is 4.79 Å². The highest BCUT2D eigenvalue weighted by Gasteiger charge is 2.17. The zero-order valence-electron chi connectivity index (χ0n) is 8.28. The zero-order chi connectivity index (χ0) is 9.97. The lowest BCUT2D eigenvalue weighted by molar-refractivity contribution is 0.499. The van der Waals surface area contributed by atoms with Crippen LogP contribution in [0.4, 0.5) is 0 Å². The van der Waals surface area contributed by atoms with Crippen LogP contribution in [0.25, 0.3) is 0 Å². The molecule has 1 aromatic rings. The summed E-state index contributed by atoms with van der Waals surface area (Å²) in [7, 11) is 0. The number of nitrogens with zero attached hydrogens (tertiary/aromatic N) is 1. The summed E-state index contributed by atoms with van der Waals surface area (Å²) in [5.74, 6) is 0. The van der Waals surface area contributed by atoms with Crippen molar-refractivity contribution in [2.45, 2.75) is 38.3 Å². The Hall–Kier alpha value is -1.09. The molecule has 0 aliphatic heterocycles. The fourth-order valence-electron chi connectivity index (χ4n) is 2.18. The minimum Gasteiger partial charge on any atom is -0.326 e. The Kier molecular flexibility index (Phi) is 2.68. The van der Waals surface area contributed by atoms with Crippen molar-refractivity contribution >= 4 is 0 Å². The van der Waals surface area contributed by atoms with E-state index in [0.717, 1.165) is 18.4 Å². The topological polar surface area (TPSA) is 48.0 Å². The highest BCUT2D eigenvalue weighted by atomic mass is 16.1. The maximum Gasteiger partial charge on any atom is 0.255 e. The van der Waals surface area contributed by atoms with Gasteiger partial charge in [0.1, 0.15) is 0 Å². The van der Waals surface area contributed by atoms with Gasteiger partial charge in [0.15, 0.2) is 0 Å². The van der Waals surface area contributed by atoms with E-state index in [0.29, 0.717) is 12.6 Å². The number of nitrogens with two attached hydrogens (primary N) is 1. The molecule has 0 saturated heterocycles. The van der Waals surface area contributed by atoms with Gasteiger partial charge >= 0.3 is 0 Å². The number of aromatic nitrogens is 1. The molecule has 2 rings (SSSR count). The van der Waals surface area contributed by atoms with Gasteiger partial charge in [-0.15, -0.1) is 0 Å². The van der Waals surface area contributed by atoms with Gasteiger partial charge in [-0.3, -0.25) is 4.79 Å². The van der Waals surface area contributed by atoms with E-state index in [-0.39, 0.29) is 5.56 Å². The number of hydrogen-bond donors (Lipinski definition) is 1. The number of pyridine rings is 1. The Morgan fingerprint density at radius 2 is 2.14 bits per heavy atom. The largest absolute Gasteiger partial charge is 0.326 e. The molecule has 1 fully saturated rings. The van der Waals surface area contributed by atoms with Gasteiger partial charge in [0, 0.05) is 24.3 Å². The molecular weight excluding hydrogens is 176 g/mol. The number of hydrogen-bond acceptors (Lipinski definition) is 2. The lowest BCUT2D eigenvalue weighted by Gasteiger charge is -2.13. The summed E-state index contributed by atoms with van der Waals surface area (Å²) >= 11 is 0. The van der Waals surface area contributed by atoms with E-state index in [1.54, 1.807) is 0 Å². The fraction of sp³-hybridized carbons (Fsp3) is 0.545. The predicted molar refractivity (Wildman–Crippen MR) is 56.1 cm³/mol. The van der Waals surface area contributed by atoms with Crippen molar-refractivity contribution in [1.29, 1.82) is 0 Å². The summed E-state index contributed by atoms with van der Waals surface area (Å²) < 4.78 is 1.86. The van der Waals surface area contributed by atoms with E-state index < -0.39 is 0 Å². The van der Waals surface area contributed by atoms with Crippen molar-refractivity contribution in [1.82, 2.24) is 4.57 Å². The third-order valence-corrected chi connectivity index (χ3v) is 2.99. The first-order chi connectivity index (χ1) is 6.83. The first-order valence-electron chi connectivity index (χ1n) is 5.23. The average molecular weight is 192 g/mol. The van der Waals surface area contributed by atoms with Crippen LogP contribution < -0.4 is 11.3 Å². The van der Waals surface area contributed by atoms with E-state index >= 15 is 0 Å². The summed E-state index contributed by atoms with van der Waals surface area (Å²) in [6.07, 6.45) is 6.63. The summed E-state index contributed by atoms with van der Waals surface area (Å²) in [5.41, 5.74) is 6.33. The fourth-order valence-corrected chi connectivity index (χ4v) is 2.18. The Morgan fingerprint density at radius 3 is 2.79 bits per heavy atom. The lowest BCUT2D eigenvalue weighted by Crippen LogP contribution is -2.26. The molecule has 0 aromatic carbocycles. The molecule has 0 bridgehead atoms. The molecule has 0 spiro atoms. The van der Waals surface area contributed by atoms with Gasteiger partial charge in [-0.25, -0.2) is 0 Å². The second-order valence-electron chi connectivity index (χ2n) is 3.89. The monoisotopic (exact) mass is 192 g/mol. The minimum atomic E-state index is 0.0990. The van der Waals surface area contributed by atoms with Crippen LogP contribution >= 0.6 is 0 Å². The van der Waals surface area contributed by atoms with Gasteiger partial charge < -0.3 is 10.3 Å². The third-order valence-electron chi connectivity index (χ3n) is 2.99. The molecule has 0 atom stereocenters. The van der Waals surface area contributed by atoms with Crippen LogP contribution in [0.2, 0.25) is 0 Å². The van der Waals surface area contributed by atoms with Gasteiger partial charge in [0.2, 0.25) is 0 Å². The maximum atomic E-state index is 11.9. The second-order valence-corrected chi connectivity index (χ2v) is 3.89. The normalized spacial score (nSPS) is 17.5. The molecule has 1 aliphatic carbocycles. The SMILES string of the molecule is NCc1cccn(C2CCCC2)c1=O. The molecule has 1 aliphatic rings. The van der Waals surface area contributed by atoms with Crippen LogP contribution in [0.5, 0.6) is 0 Å². The van der Waals surface area contributed by atoms with Crippen molar-refractivity contribution in [2.24, 2.45) is 5.73 Å². The molecular formula is C11H16N2O. The smallest absolute Gasteiger partial charge is 0.255 e. The zero-order valence-corrected chi connectivity index (χ0v) is 8.28. The Bertz CT molecular complexity index is 364. The summed E-state index contributed by atoms with van der Waals surface area (Å²) in [6, 6.07) is 4.14. The third kappa shape index (κ3) is 1.60. The van der Waals surface area contributed by atoms with Crippen molar-refractivity contribution in [3.63, 3.8) is 0 Å². The van der Waals surface area contributed by atoms with Gasteiger partial charge in [0.25, 0.3) is 5.56 Å². The molecule has 1 saturated carbocycles. The molecule has 2 N–H and O–H groups in total. The lowest BCUT2D eigenvalue weighted by atomic mass is 10.2. The number of rotatable bonds is 2. The standard InChI is InChI=1S/C11H16N2O/c12-8-9-4-3-7-13(11(9)14)10-5-1-2-6-10/h3-4,7,10H,1-2,5-6,8,12H2. The van der Waals surface area contributed by atoms with Crippen LogP contribution in [-0.4, -0.2) is 4.57 Å². The van der Waals surface area contributed by atoms with Crippen molar-refractivity contribution in [3.05, 3.63) is 34.2 Å². The molecule has 3 nitrogen and oxygen atoms in total. The molecule has 0 amide bonds. The van der Waals surface area contributed by atoms with Crippen LogP contribution in [0.1, 0.15) is 37.3 Å². The Morgan fingerprint density at radius 1 is 1.43 bits per heavy atom. The molecule has 14 heavy (non-hydrogen) atoms. The van der Waals surface area contributed by atoms with E-state index in [1.165, 1.54) is 12.8 Å². The maximum absolute atomic E-state index is 11.9. The van der Waals surface area contributed by atoms with E-state index in [2.05, 4.69) is 0 Å². The Labute approximate surface area is 83.5 Å². The average Bonchev–Trinajstić information content (AvgIpc) is 2.71. The van der Waals surface area contributed by atoms with Crippen molar-refractivity contribution < 1.29 is 0 Å². The first kappa shape index (κ1) is 9.46. The van der Waals surface area contributed by atoms with Gasteiger partial charge in [0.05, 0.1) is 0 Å². The highest BCUT2D eigenvalue weighted by Crippen LogP contribution is 2.27. The van der Waals surface area contributed by atoms with Crippen LogP contribution in [0.15, 0.2) is 23.1 Å². The molecule has 0 unspecified atom stereocenters. The van der Waals surface area contributed by atoms with Gasteiger partial charge in [-0.05, 0) is 18.9 Å². The van der Waals surface area contributed by atoms with Gasteiger partial charge in [-0.2, -0.15) is 0 Å². The first-order valence-corrected chi connectivity index (χ1v) is 5.23. The van der Waals surface area contributed by atoms with Gasteiger partial charge in [-0.1, -0.05) is 18.9 Å². The molecule has 3 heteroatoms. The van der Waals surface area contributed by atoms with Crippen molar-refractivity contribution in [2.75, 3.05) is 0 Å². The summed E-state index contributed by atoms with van der Waals surface area (Å²) in [4.78, 5) is 11.9. The molecule has 76 valence electrons. The quantitative estimate of drug-likeness (QED) is 0.770. The molecule has 0 radical (unpaired) electrons. The van der Waals surface area contributed by atoms with E-state index in [1.807, 2.05) is 22.9 Å². The highest BCUT2D eigenvalue weighted by molar-refractivity contribution is 5.10. The second kappa shape index (κ2) is 3.96. The predicted octanol–water partition coefficient (Wildman–Crippen LogP) is 1.42.